The van der Waals surface area contributed by atoms with Crippen molar-refractivity contribution < 1.29 is 19.3 Å². The summed E-state index contributed by atoms with van der Waals surface area (Å²) in [5.41, 5.74) is 3.12. The Hall–Kier alpha value is -3.02. The minimum atomic E-state index is -0.623. The number of ether oxygens (including phenoxy) is 3. The van der Waals surface area contributed by atoms with Gasteiger partial charge in [-0.15, -0.1) is 0 Å². The summed E-state index contributed by atoms with van der Waals surface area (Å²) in [6.07, 6.45) is -0.106. The number of rotatable bonds is 9. The van der Waals surface area contributed by atoms with Gasteiger partial charge in [-0.05, 0) is 63.1 Å². The summed E-state index contributed by atoms with van der Waals surface area (Å²) < 4.78 is 18.1. The third-order valence-electron chi connectivity index (χ3n) is 6.71. The summed E-state index contributed by atoms with van der Waals surface area (Å²) in [5, 5.41) is 13.4. The van der Waals surface area contributed by atoms with Crippen LogP contribution in [-0.4, -0.2) is 36.7 Å². The summed E-state index contributed by atoms with van der Waals surface area (Å²) in [4.78, 5) is 0. The van der Waals surface area contributed by atoms with E-state index in [-0.39, 0.29) is 11.8 Å². The van der Waals surface area contributed by atoms with Gasteiger partial charge in [-0.1, -0.05) is 55.5 Å². The number of hydrogen-bond donors (Lipinski definition) is 2. The van der Waals surface area contributed by atoms with Gasteiger partial charge in [0.15, 0.2) is 6.23 Å². The lowest BCUT2D eigenvalue weighted by molar-refractivity contribution is 0.0272. The second-order valence-electron chi connectivity index (χ2n) is 9.78. The Balaban J connectivity index is 1.73. The fourth-order valence-corrected chi connectivity index (χ4v) is 5.04. The first-order valence-electron chi connectivity index (χ1n) is 12.4. The van der Waals surface area contributed by atoms with E-state index in [9.17, 15) is 5.11 Å². The SMILES string of the molecule is CCCNC(Oc1ccc([C@@H]2c3ccc(OC)cc3OC(C)(C)[C@H]2c2ccccc2)cc1)C(C)O. The fraction of sp³-hybridized carbons (Fsp3) is 0.400. The molecule has 0 saturated carbocycles. The van der Waals surface area contributed by atoms with Crippen molar-refractivity contribution in [1.82, 2.24) is 5.32 Å². The van der Waals surface area contributed by atoms with Crippen LogP contribution in [0.4, 0.5) is 0 Å². The molecule has 2 N–H and O–H groups in total. The van der Waals surface area contributed by atoms with Crippen LogP contribution < -0.4 is 19.5 Å². The maximum absolute atomic E-state index is 10.1. The molecular weight excluding hydrogens is 438 g/mol. The molecule has 0 bridgehead atoms. The molecule has 3 aromatic carbocycles. The highest BCUT2D eigenvalue weighted by molar-refractivity contribution is 5.52. The maximum Gasteiger partial charge on any atom is 0.176 e. The predicted molar refractivity (Wildman–Crippen MR) is 140 cm³/mol. The van der Waals surface area contributed by atoms with Crippen molar-refractivity contribution in [2.45, 2.75) is 63.9 Å². The molecule has 186 valence electrons. The van der Waals surface area contributed by atoms with Gasteiger partial charge in [0.2, 0.25) is 0 Å². The average Bonchev–Trinajstić information content (AvgIpc) is 2.85. The van der Waals surface area contributed by atoms with Gasteiger partial charge in [0.25, 0.3) is 0 Å². The van der Waals surface area contributed by atoms with E-state index in [4.69, 9.17) is 14.2 Å². The Morgan fingerprint density at radius 1 is 0.971 bits per heavy atom. The first-order valence-corrected chi connectivity index (χ1v) is 12.4. The molecular formula is C30H37NO4. The second kappa shape index (κ2) is 10.7. The number of hydrogen-bond acceptors (Lipinski definition) is 5. The van der Waals surface area contributed by atoms with Gasteiger partial charge >= 0.3 is 0 Å². The zero-order chi connectivity index (χ0) is 25.0. The monoisotopic (exact) mass is 475 g/mol. The van der Waals surface area contributed by atoms with Crippen molar-refractivity contribution in [2.75, 3.05) is 13.7 Å². The van der Waals surface area contributed by atoms with Gasteiger partial charge in [-0.25, -0.2) is 0 Å². The third kappa shape index (κ3) is 5.47. The molecule has 0 saturated heterocycles. The summed E-state index contributed by atoms with van der Waals surface area (Å²) in [6.45, 7) is 8.92. The number of nitrogens with one attached hydrogen (secondary N) is 1. The van der Waals surface area contributed by atoms with Crippen molar-refractivity contribution in [3.05, 3.63) is 89.5 Å². The number of benzene rings is 3. The van der Waals surface area contributed by atoms with Gasteiger partial charge in [0, 0.05) is 23.5 Å². The van der Waals surface area contributed by atoms with Gasteiger partial charge in [0.05, 0.1) is 7.11 Å². The topological polar surface area (TPSA) is 60.0 Å². The fourth-order valence-electron chi connectivity index (χ4n) is 5.04. The molecule has 0 spiro atoms. The van der Waals surface area contributed by atoms with Crippen LogP contribution in [0.1, 0.15) is 62.6 Å². The lowest BCUT2D eigenvalue weighted by Crippen LogP contribution is -2.43. The minimum absolute atomic E-state index is 0.0851. The molecule has 1 heterocycles. The molecule has 2 unspecified atom stereocenters. The molecule has 0 fully saturated rings. The maximum atomic E-state index is 10.1. The molecule has 5 heteroatoms. The third-order valence-corrected chi connectivity index (χ3v) is 6.71. The first-order chi connectivity index (χ1) is 16.8. The van der Waals surface area contributed by atoms with Crippen LogP contribution >= 0.6 is 0 Å². The summed E-state index contributed by atoms with van der Waals surface area (Å²) >= 11 is 0. The van der Waals surface area contributed by atoms with Crippen molar-refractivity contribution in [3.63, 3.8) is 0 Å². The molecule has 4 atom stereocenters. The van der Waals surface area contributed by atoms with E-state index >= 15 is 0 Å². The Labute approximate surface area is 209 Å². The van der Waals surface area contributed by atoms with Crippen LogP contribution in [-0.2, 0) is 0 Å². The lowest BCUT2D eigenvalue weighted by atomic mass is 9.68. The smallest absolute Gasteiger partial charge is 0.176 e. The van der Waals surface area contributed by atoms with Crippen molar-refractivity contribution in [1.29, 1.82) is 0 Å². The molecule has 0 aliphatic carbocycles. The van der Waals surface area contributed by atoms with Crippen LogP contribution in [0.2, 0.25) is 0 Å². The quantitative estimate of drug-likeness (QED) is 0.379. The summed E-state index contributed by atoms with van der Waals surface area (Å²) in [5.74, 6) is 2.55. The van der Waals surface area contributed by atoms with Crippen LogP contribution in [0.3, 0.4) is 0 Å². The van der Waals surface area contributed by atoms with Crippen LogP contribution in [0.15, 0.2) is 72.8 Å². The van der Waals surface area contributed by atoms with Crippen LogP contribution in [0.5, 0.6) is 17.2 Å². The molecule has 1 aliphatic heterocycles. The molecule has 0 radical (unpaired) electrons. The first kappa shape index (κ1) is 25.1. The number of methoxy groups -OCH3 is 1. The highest BCUT2D eigenvalue weighted by Crippen LogP contribution is 2.53. The Kier molecular flexibility index (Phi) is 7.68. The Morgan fingerprint density at radius 3 is 2.29 bits per heavy atom. The lowest BCUT2D eigenvalue weighted by Gasteiger charge is -2.45. The van der Waals surface area contributed by atoms with Gasteiger partial charge < -0.3 is 19.3 Å². The van der Waals surface area contributed by atoms with Crippen LogP contribution in [0.25, 0.3) is 0 Å². The van der Waals surface area contributed by atoms with E-state index in [0.717, 1.165) is 35.8 Å². The summed E-state index contributed by atoms with van der Waals surface area (Å²) in [7, 11) is 1.68. The largest absolute Gasteiger partial charge is 0.497 e. The van der Waals surface area contributed by atoms with E-state index in [2.05, 4.69) is 68.6 Å². The van der Waals surface area contributed by atoms with Crippen molar-refractivity contribution >= 4 is 0 Å². The molecule has 4 rings (SSSR count). The molecule has 35 heavy (non-hydrogen) atoms. The molecule has 0 aromatic heterocycles. The van der Waals surface area contributed by atoms with Crippen molar-refractivity contribution in [2.24, 2.45) is 0 Å². The van der Waals surface area contributed by atoms with Crippen molar-refractivity contribution in [3.8, 4) is 17.2 Å². The van der Waals surface area contributed by atoms with E-state index < -0.39 is 17.9 Å². The molecule has 3 aromatic rings. The zero-order valence-corrected chi connectivity index (χ0v) is 21.3. The summed E-state index contributed by atoms with van der Waals surface area (Å²) in [6, 6.07) is 24.9. The number of fused-ring (bicyclic) bond motifs is 1. The Morgan fingerprint density at radius 2 is 1.66 bits per heavy atom. The van der Waals surface area contributed by atoms with E-state index in [0.29, 0.717) is 0 Å². The standard InChI is InChI=1S/C30H37NO4/c1-6-18-31-29(20(2)32)34-23-14-12-21(13-15-23)27-25-17-16-24(33-5)19-26(25)35-30(3,4)28(27)22-10-8-7-9-11-22/h7-17,19-20,27-29,31-32H,6,18H2,1-5H3/t20?,27-,28+,29?/m1/s1. The van der Waals surface area contributed by atoms with E-state index in [1.807, 2.05) is 30.3 Å². The number of aliphatic hydroxyl groups excluding tert-OH is 1. The van der Waals surface area contributed by atoms with Gasteiger partial charge in [-0.2, -0.15) is 0 Å². The zero-order valence-electron chi connectivity index (χ0n) is 21.3. The highest BCUT2D eigenvalue weighted by atomic mass is 16.5. The van der Waals surface area contributed by atoms with Crippen LogP contribution in [0, 0.1) is 0 Å². The second-order valence-corrected chi connectivity index (χ2v) is 9.78. The van der Waals surface area contributed by atoms with Gasteiger partial charge in [-0.3, -0.25) is 5.32 Å². The normalized spacial score (nSPS) is 20.3. The molecule has 5 nitrogen and oxygen atoms in total. The Bertz CT molecular complexity index is 1100. The molecule has 1 aliphatic rings. The van der Waals surface area contributed by atoms with E-state index in [1.165, 1.54) is 11.1 Å². The highest BCUT2D eigenvalue weighted by Gasteiger charge is 2.45. The minimum Gasteiger partial charge on any atom is -0.497 e. The van der Waals surface area contributed by atoms with E-state index in [1.54, 1.807) is 14.0 Å². The number of aliphatic hydroxyl groups is 1. The molecule has 0 amide bonds. The average molecular weight is 476 g/mol. The van der Waals surface area contributed by atoms with Gasteiger partial charge in [0.1, 0.15) is 29.0 Å². The predicted octanol–water partition coefficient (Wildman–Crippen LogP) is 5.87.